The third-order valence-electron chi connectivity index (χ3n) is 5.10. The van der Waals surface area contributed by atoms with Gasteiger partial charge >= 0.3 is 0 Å². The largest absolute Gasteiger partial charge is 0.372 e. The maximum atomic E-state index is 12.9. The first kappa shape index (κ1) is 23.7. The zero-order valence-electron chi connectivity index (χ0n) is 18.7. The molecule has 1 aliphatic rings. The van der Waals surface area contributed by atoms with Gasteiger partial charge in [0.25, 0.3) is 11.8 Å². The molecule has 2 aromatic rings. The van der Waals surface area contributed by atoms with E-state index in [-0.39, 0.29) is 24.0 Å². The molecule has 9 heteroatoms. The third kappa shape index (κ3) is 5.86. The van der Waals surface area contributed by atoms with Gasteiger partial charge < -0.3 is 15.0 Å². The zero-order chi connectivity index (χ0) is 23.5. The van der Waals surface area contributed by atoms with Gasteiger partial charge in [-0.25, -0.2) is 8.42 Å². The summed E-state index contributed by atoms with van der Waals surface area (Å²) in [5, 5.41) is 2.22. The van der Waals surface area contributed by atoms with Gasteiger partial charge in [-0.3, -0.25) is 14.3 Å². The van der Waals surface area contributed by atoms with Crippen LogP contribution in [-0.4, -0.2) is 55.7 Å². The Hall–Kier alpha value is -2.91. The Bertz CT molecular complexity index is 1070. The second-order valence-electron chi connectivity index (χ2n) is 8.28. The Morgan fingerprint density at radius 2 is 1.59 bits per heavy atom. The summed E-state index contributed by atoms with van der Waals surface area (Å²) in [6.07, 6.45) is -0.0582. The van der Waals surface area contributed by atoms with Crippen LogP contribution in [0.2, 0.25) is 0 Å². The Morgan fingerprint density at radius 3 is 2.19 bits per heavy atom. The number of sulfonamides is 1. The molecule has 2 aromatic carbocycles. The topological polar surface area (TPSA) is 105 Å². The summed E-state index contributed by atoms with van der Waals surface area (Å²) in [5.74, 6) is -0.466. The normalized spacial score (nSPS) is 19.0. The minimum absolute atomic E-state index is 0.0291. The van der Waals surface area contributed by atoms with E-state index in [1.54, 1.807) is 55.1 Å². The maximum absolute atomic E-state index is 12.9. The second-order valence-corrected chi connectivity index (χ2v) is 10.5. The number of morpholine rings is 1. The Balaban J connectivity index is 1.67. The minimum atomic E-state index is -3.46. The van der Waals surface area contributed by atoms with Crippen LogP contribution in [0.25, 0.3) is 0 Å². The number of hydrogen-bond donors (Lipinski definition) is 2. The molecule has 2 atom stereocenters. The number of carbonyl (C=O) groups excluding carboxylic acids is 2. The number of benzene rings is 2. The Kier molecular flexibility index (Phi) is 7.20. The summed E-state index contributed by atoms with van der Waals surface area (Å²) < 4.78 is 32.1. The van der Waals surface area contributed by atoms with Crippen molar-refractivity contribution < 1.29 is 22.7 Å². The fraction of sp³-hybridized carbons (Fsp3) is 0.391. The molecule has 0 aliphatic carbocycles. The highest BCUT2D eigenvalue weighted by Gasteiger charge is 2.26. The van der Waals surface area contributed by atoms with Crippen LogP contribution in [-0.2, 0) is 14.8 Å². The van der Waals surface area contributed by atoms with E-state index in [2.05, 4.69) is 10.0 Å². The molecule has 2 unspecified atom stereocenters. The molecule has 3 rings (SSSR count). The standard InChI is InChI=1S/C23H29N3O5S/c1-15(2)32(29,30)25-20-10-8-18(9-11-20)22(27)24-21-7-5-6-19(12-21)23(28)26-13-16(3)31-17(4)14-26/h5-12,15-17,25H,13-14H2,1-4H3,(H,24,27). The molecular formula is C23H29N3O5S. The number of amides is 2. The molecule has 0 spiro atoms. The van der Waals surface area contributed by atoms with Crippen molar-refractivity contribution in [3.05, 3.63) is 59.7 Å². The SMILES string of the molecule is CC1CN(C(=O)c2cccc(NC(=O)c3ccc(NS(=O)(=O)C(C)C)cc3)c2)CC(C)O1. The van der Waals surface area contributed by atoms with Crippen molar-refractivity contribution in [2.45, 2.75) is 45.2 Å². The lowest BCUT2D eigenvalue weighted by molar-refractivity contribution is -0.0586. The number of nitrogens with one attached hydrogen (secondary N) is 2. The summed E-state index contributed by atoms with van der Waals surface area (Å²) in [7, 11) is -3.46. The predicted molar refractivity (Wildman–Crippen MR) is 124 cm³/mol. The number of anilines is 2. The molecule has 2 amide bonds. The first-order valence-corrected chi connectivity index (χ1v) is 12.1. The summed E-state index contributed by atoms with van der Waals surface area (Å²) in [4.78, 5) is 27.3. The average molecular weight is 460 g/mol. The lowest BCUT2D eigenvalue weighted by atomic mass is 10.1. The number of ether oxygens (including phenoxy) is 1. The Labute approximate surface area is 189 Å². The molecule has 32 heavy (non-hydrogen) atoms. The number of hydrogen-bond acceptors (Lipinski definition) is 5. The molecule has 1 saturated heterocycles. The van der Waals surface area contributed by atoms with Gasteiger partial charge in [-0.2, -0.15) is 0 Å². The highest BCUT2D eigenvalue weighted by atomic mass is 32.2. The molecule has 0 radical (unpaired) electrons. The monoisotopic (exact) mass is 459 g/mol. The van der Waals surface area contributed by atoms with Crippen LogP contribution < -0.4 is 10.0 Å². The highest BCUT2D eigenvalue weighted by Crippen LogP contribution is 2.19. The average Bonchev–Trinajstić information content (AvgIpc) is 2.72. The van der Waals surface area contributed by atoms with Crippen LogP contribution in [0.1, 0.15) is 48.4 Å². The van der Waals surface area contributed by atoms with E-state index in [4.69, 9.17) is 4.74 Å². The molecule has 1 heterocycles. The highest BCUT2D eigenvalue weighted by molar-refractivity contribution is 7.93. The quantitative estimate of drug-likeness (QED) is 0.689. The summed E-state index contributed by atoms with van der Waals surface area (Å²) >= 11 is 0. The lowest BCUT2D eigenvalue weighted by Crippen LogP contribution is -2.48. The fourth-order valence-electron chi connectivity index (χ4n) is 3.43. The lowest BCUT2D eigenvalue weighted by Gasteiger charge is -2.35. The molecule has 0 bridgehead atoms. The van der Waals surface area contributed by atoms with E-state index >= 15 is 0 Å². The molecule has 8 nitrogen and oxygen atoms in total. The van der Waals surface area contributed by atoms with Gasteiger partial charge in [-0.1, -0.05) is 6.07 Å². The molecule has 0 aromatic heterocycles. The van der Waals surface area contributed by atoms with E-state index < -0.39 is 15.3 Å². The number of rotatable bonds is 6. The van der Waals surface area contributed by atoms with Gasteiger partial charge in [0, 0.05) is 35.6 Å². The van der Waals surface area contributed by atoms with Crippen molar-refractivity contribution in [1.82, 2.24) is 4.90 Å². The van der Waals surface area contributed by atoms with Crippen molar-refractivity contribution in [1.29, 1.82) is 0 Å². The van der Waals surface area contributed by atoms with Gasteiger partial charge in [0.1, 0.15) is 0 Å². The maximum Gasteiger partial charge on any atom is 0.255 e. The molecule has 172 valence electrons. The molecule has 1 fully saturated rings. The van der Waals surface area contributed by atoms with Crippen molar-refractivity contribution in [3.8, 4) is 0 Å². The third-order valence-corrected chi connectivity index (χ3v) is 6.86. The number of carbonyl (C=O) groups is 2. The first-order chi connectivity index (χ1) is 15.0. The Morgan fingerprint density at radius 1 is 0.969 bits per heavy atom. The van der Waals surface area contributed by atoms with Crippen molar-refractivity contribution in [3.63, 3.8) is 0 Å². The van der Waals surface area contributed by atoms with Crippen LogP contribution in [0.4, 0.5) is 11.4 Å². The van der Waals surface area contributed by atoms with Gasteiger partial charge in [0.15, 0.2) is 0 Å². The van der Waals surface area contributed by atoms with Crippen LogP contribution in [0.3, 0.4) is 0 Å². The van der Waals surface area contributed by atoms with Crippen LogP contribution >= 0.6 is 0 Å². The smallest absolute Gasteiger partial charge is 0.255 e. The minimum Gasteiger partial charge on any atom is -0.372 e. The fourth-order valence-corrected chi connectivity index (χ4v) is 4.13. The van der Waals surface area contributed by atoms with Crippen LogP contribution in [0.5, 0.6) is 0 Å². The van der Waals surface area contributed by atoms with Crippen molar-refractivity contribution in [2.24, 2.45) is 0 Å². The molecule has 2 N–H and O–H groups in total. The molecule has 1 aliphatic heterocycles. The van der Waals surface area contributed by atoms with Gasteiger partial charge in [0.05, 0.1) is 17.5 Å². The van der Waals surface area contributed by atoms with Crippen molar-refractivity contribution >= 4 is 33.2 Å². The molecular weight excluding hydrogens is 430 g/mol. The summed E-state index contributed by atoms with van der Waals surface area (Å²) in [6, 6.07) is 13.0. The van der Waals surface area contributed by atoms with Crippen LogP contribution in [0.15, 0.2) is 48.5 Å². The first-order valence-electron chi connectivity index (χ1n) is 10.5. The predicted octanol–water partition coefficient (Wildman–Crippen LogP) is 3.34. The summed E-state index contributed by atoms with van der Waals surface area (Å²) in [6.45, 7) is 8.09. The van der Waals surface area contributed by atoms with E-state index in [1.165, 1.54) is 12.1 Å². The molecule has 0 saturated carbocycles. The number of nitrogens with zero attached hydrogens (tertiary/aromatic N) is 1. The van der Waals surface area contributed by atoms with E-state index in [0.717, 1.165) is 0 Å². The van der Waals surface area contributed by atoms with Crippen molar-refractivity contribution in [2.75, 3.05) is 23.1 Å². The zero-order valence-corrected chi connectivity index (χ0v) is 19.5. The van der Waals surface area contributed by atoms with E-state index in [1.807, 2.05) is 13.8 Å². The summed E-state index contributed by atoms with van der Waals surface area (Å²) in [5.41, 5.74) is 1.74. The van der Waals surface area contributed by atoms with E-state index in [0.29, 0.717) is 35.6 Å². The van der Waals surface area contributed by atoms with Gasteiger partial charge in [0.2, 0.25) is 10.0 Å². The van der Waals surface area contributed by atoms with Crippen LogP contribution in [0, 0.1) is 0 Å². The van der Waals surface area contributed by atoms with Gasteiger partial charge in [-0.05, 0) is 70.2 Å². The van der Waals surface area contributed by atoms with Gasteiger partial charge in [-0.15, -0.1) is 0 Å². The second kappa shape index (κ2) is 9.70. The van der Waals surface area contributed by atoms with E-state index in [9.17, 15) is 18.0 Å².